The van der Waals surface area contributed by atoms with Gasteiger partial charge in [-0.15, -0.1) is 0 Å². The molecule has 0 aliphatic heterocycles. The van der Waals surface area contributed by atoms with Crippen molar-refractivity contribution < 1.29 is 19.4 Å². The summed E-state index contributed by atoms with van der Waals surface area (Å²) in [6, 6.07) is 0. The molecule has 0 saturated carbocycles. The highest BCUT2D eigenvalue weighted by Crippen LogP contribution is 2.17. The largest absolute Gasteiger partial charge is 0.481 e. The van der Waals surface area contributed by atoms with Crippen molar-refractivity contribution in [2.24, 2.45) is 0 Å². The van der Waals surface area contributed by atoms with Gasteiger partial charge in [0.15, 0.2) is 0 Å². The quantitative estimate of drug-likeness (QED) is 0.0648. The number of rotatable bonds is 28. The van der Waals surface area contributed by atoms with Gasteiger partial charge in [0.2, 0.25) is 0 Å². The minimum atomic E-state index is -0.705. The number of carbonyl (C=O) groups excluding carboxylic acids is 1. The lowest BCUT2D eigenvalue weighted by Gasteiger charge is -2.18. The van der Waals surface area contributed by atoms with Crippen LogP contribution in [0, 0.1) is 0 Å². The summed E-state index contributed by atoms with van der Waals surface area (Å²) in [5.74, 6) is -0.730. The van der Waals surface area contributed by atoms with Crippen molar-refractivity contribution in [1.29, 1.82) is 0 Å². The first-order chi connectivity index (χ1) is 17.6. The molecule has 212 valence electrons. The summed E-state index contributed by atoms with van der Waals surface area (Å²) >= 11 is 0. The molecule has 4 heteroatoms. The molecule has 0 saturated heterocycles. The lowest BCUT2D eigenvalue weighted by Crippen LogP contribution is -2.18. The average molecular weight is 509 g/mol. The number of carboxylic acids is 1. The van der Waals surface area contributed by atoms with E-state index in [1.54, 1.807) is 0 Å². The predicted octanol–water partition coefficient (Wildman–Crippen LogP) is 10.3. The Morgan fingerprint density at radius 2 is 1.03 bits per heavy atom. The number of allylic oxidation sites excluding steroid dienone is 2. The van der Waals surface area contributed by atoms with Crippen molar-refractivity contribution in [1.82, 2.24) is 0 Å². The Bertz CT molecular complexity index is 514. The van der Waals surface area contributed by atoms with Gasteiger partial charge in [0.25, 0.3) is 0 Å². The number of hydrogen-bond donors (Lipinski definition) is 1. The van der Waals surface area contributed by atoms with Crippen LogP contribution in [0.5, 0.6) is 0 Å². The predicted molar refractivity (Wildman–Crippen MR) is 153 cm³/mol. The Labute approximate surface area is 224 Å². The first-order valence-corrected chi connectivity index (χ1v) is 15.7. The van der Waals surface area contributed by atoms with Gasteiger partial charge in [-0.2, -0.15) is 0 Å². The van der Waals surface area contributed by atoms with Crippen LogP contribution < -0.4 is 0 Å². The number of ether oxygens (including phenoxy) is 1. The van der Waals surface area contributed by atoms with Crippen LogP contribution >= 0.6 is 0 Å². The molecule has 4 nitrogen and oxygen atoms in total. The summed E-state index contributed by atoms with van der Waals surface area (Å²) in [7, 11) is 0. The van der Waals surface area contributed by atoms with Crippen molar-refractivity contribution in [3.05, 3.63) is 12.2 Å². The third-order valence-corrected chi connectivity index (χ3v) is 6.99. The molecule has 0 amide bonds. The van der Waals surface area contributed by atoms with E-state index in [0.29, 0.717) is 6.42 Å². The van der Waals surface area contributed by atoms with Gasteiger partial charge in [0.1, 0.15) is 6.10 Å². The molecular weight excluding hydrogens is 448 g/mol. The van der Waals surface area contributed by atoms with Crippen molar-refractivity contribution in [2.45, 2.75) is 180 Å². The van der Waals surface area contributed by atoms with Gasteiger partial charge in [0, 0.05) is 12.8 Å². The maximum atomic E-state index is 12.4. The zero-order valence-electron chi connectivity index (χ0n) is 24.1. The minimum Gasteiger partial charge on any atom is -0.481 e. The van der Waals surface area contributed by atoms with Gasteiger partial charge < -0.3 is 9.84 Å². The molecule has 0 bridgehead atoms. The number of carbonyl (C=O) groups is 2. The first kappa shape index (κ1) is 34.7. The molecule has 0 aromatic rings. The zero-order chi connectivity index (χ0) is 26.5. The van der Waals surface area contributed by atoms with Crippen molar-refractivity contribution in [3.8, 4) is 0 Å². The number of unbranched alkanes of at least 4 members (excludes halogenated alkanes) is 17. The highest BCUT2D eigenvalue weighted by atomic mass is 16.5. The lowest BCUT2D eigenvalue weighted by atomic mass is 10.0. The average Bonchev–Trinajstić information content (AvgIpc) is 2.85. The van der Waals surface area contributed by atoms with E-state index >= 15 is 0 Å². The third-order valence-electron chi connectivity index (χ3n) is 6.99. The Kier molecular flexibility index (Phi) is 27.2. The summed E-state index contributed by atoms with van der Waals surface area (Å²) in [4.78, 5) is 23.0. The maximum Gasteiger partial charge on any atom is 0.306 e. The molecule has 0 heterocycles. The smallest absolute Gasteiger partial charge is 0.306 e. The molecule has 0 aromatic heterocycles. The molecule has 0 spiro atoms. The number of aliphatic carboxylic acids is 1. The van der Waals surface area contributed by atoms with Crippen LogP contribution in [0.4, 0.5) is 0 Å². The molecule has 1 atom stereocenters. The van der Waals surface area contributed by atoms with Gasteiger partial charge in [-0.25, -0.2) is 0 Å². The van der Waals surface area contributed by atoms with Crippen LogP contribution in [-0.4, -0.2) is 23.1 Å². The lowest BCUT2D eigenvalue weighted by molar-refractivity contribution is -0.150. The van der Waals surface area contributed by atoms with Crippen LogP contribution in [0.25, 0.3) is 0 Å². The third kappa shape index (κ3) is 27.3. The van der Waals surface area contributed by atoms with Crippen LogP contribution in [0.3, 0.4) is 0 Å². The molecule has 0 aromatic carbocycles. The SMILES string of the molecule is CCCCCCCCCC/C=C\CCCC(CCCCCCCC(=O)O)OC(=O)CCCCCCC. The van der Waals surface area contributed by atoms with Crippen molar-refractivity contribution in [3.63, 3.8) is 0 Å². The Morgan fingerprint density at radius 3 is 1.61 bits per heavy atom. The molecular formula is C32H60O4. The van der Waals surface area contributed by atoms with E-state index in [1.165, 1.54) is 77.0 Å². The van der Waals surface area contributed by atoms with E-state index in [-0.39, 0.29) is 18.5 Å². The fourth-order valence-corrected chi connectivity index (χ4v) is 4.65. The number of hydrogen-bond acceptors (Lipinski definition) is 3. The zero-order valence-corrected chi connectivity index (χ0v) is 24.1. The molecule has 1 N–H and O–H groups in total. The van der Waals surface area contributed by atoms with Gasteiger partial charge in [0.05, 0.1) is 0 Å². The molecule has 0 fully saturated rings. The highest BCUT2D eigenvalue weighted by Gasteiger charge is 2.14. The van der Waals surface area contributed by atoms with Crippen LogP contribution in [0.1, 0.15) is 174 Å². The van der Waals surface area contributed by atoms with E-state index < -0.39 is 5.97 Å². The fourth-order valence-electron chi connectivity index (χ4n) is 4.65. The summed E-state index contributed by atoms with van der Waals surface area (Å²) in [6.07, 6.45) is 32.3. The molecule has 0 radical (unpaired) electrons. The number of carboxylic acid groups (broad SMARTS) is 1. The first-order valence-electron chi connectivity index (χ1n) is 15.7. The Morgan fingerprint density at radius 1 is 0.583 bits per heavy atom. The molecule has 0 aliphatic rings. The second-order valence-corrected chi connectivity index (χ2v) is 10.6. The van der Waals surface area contributed by atoms with E-state index in [0.717, 1.165) is 70.6 Å². The summed E-state index contributed by atoms with van der Waals surface area (Å²) < 4.78 is 5.88. The van der Waals surface area contributed by atoms with E-state index in [1.807, 2.05) is 0 Å². The van der Waals surface area contributed by atoms with Gasteiger partial charge in [-0.1, -0.05) is 116 Å². The fraction of sp³-hybridized carbons (Fsp3) is 0.875. The monoisotopic (exact) mass is 508 g/mol. The normalized spacial score (nSPS) is 12.3. The number of esters is 1. The maximum absolute atomic E-state index is 12.4. The topological polar surface area (TPSA) is 63.6 Å². The van der Waals surface area contributed by atoms with Crippen LogP contribution in [-0.2, 0) is 14.3 Å². The van der Waals surface area contributed by atoms with Crippen molar-refractivity contribution in [2.75, 3.05) is 0 Å². The standard InChI is InChI=1S/C32H60O4/c1-3-5-7-9-10-11-12-13-14-15-16-19-22-26-30(27-23-20-17-21-24-28-31(33)34)36-32(35)29-25-18-8-6-4-2/h15-16,30H,3-14,17-29H2,1-2H3,(H,33,34)/b16-15-. The molecule has 1 unspecified atom stereocenters. The second kappa shape index (κ2) is 28.3. The van der Waals surface area contributed by atoms with E-state index in [2.05, 4.69) is 26.0 Å². The van der Waals surface area contributed by atoms with Crippen molar-refractivity contribution >= 4 is 11.9 Å². The highest BCUT2D eigenvalue weighted by molar-refractivity contribution is 5.69. The molecule has 0 rings (SSSR count). The Hall–Kier alpha value is -1.32. The van der Waals surface area contributed by atoms with Gasteiger partial charge >= 0.3 is 11.9 Å². The van der Waals surface area contributed by atoms with Gasteiger partial charge in [-0.05, 0) is 57.8 Å². The van der Waals surface area contributed by atoms with Crippen LogP contribution in [0.2, 0.25) is 0 Å². The Balaban J connectivity index is 4.06. The summed E-state index contributed by atoms with van der Waals surface area (Å²) in [5, 5.41) is 8.74. The molecule has 0 aliphatic carbocycles. The second-order valence-electron chi connectivity index (χ2n) is 10.6. The summed E-state index contributed by atoms with van der Waals surface area (Å²) in [5.41, 5.74) is 0. The van der Waals surface area contributed by atoms with E-state index in [4.69, 9.17) is 9.84 Å². The molecule has 36 heavy (non-hydrogen) atoms. The van der Waals surface area contributed by atoms with Gasteiger partial charge in [-0.3, -0.25) is 9.59 Å². The summed E-state index contributed by atoms with van der Waals surface area (Å²) in [6.45, 7) is 4.47. The minimum absolute atomic E-state index is 0.0248. The van der Waals surface area contributed by atoms with Crippen LogP contribution in [0.15, 0.2) is 12.2 Å². The van der Waals surface area contributed by atoms with E-state index in [9.17, 15) is 9.59 Å².